The van der Waals surface area contributed by atoms with Crippen LogP contribution in [-0.4, -0.2) is 258 Å². The minimum atomic E-state index is -2.84. The molecule has 2 aromatic heterocycles. The number of esters is 2. The number of rotatable bonds is 35. The molecule has 0 unspecified atom stereocenters. The van der Waals surface area contributed by atoms with Gasteiger partial charge >= 0.3 is 30.6 Å². The van der Waals surface area contributed by atoms with Crippen molar-refractivity contribution in [2.24, 2.45) is 26.2 Å². The molecule has 41 heteroatoms. The van der Waals surface area contributed by atoms with Crippen LogP contribution in [0.15, 0.2) is 251 Å². The number of nitrogens with two attached hydrogens (primary N) is 1. The number of cyclic esters (lactones) is 2. The Morgan fingerprint density at radius 2 is 0.847 bits per heavy atom. The number of halogens is 7. The van der Waals surface area contributed by atoms with Crippen LogP contribution in [0.5, 0.6) is 23.5 Å². The van der Waals surface area contributed by atoms with Crippen LogP contribution in [0.1, 0.15) is 91.2 Å². The summed E-state index contributed by atoms with van der Waals surface area (Å²) in [6, 6.07) is 69.2. The van der Waals surface area contributed by atoms with Crippen molar-refractivity contribution in [3.63, 3.8) is 0 Å². The smallest absolute Gasteiger partial charge is 0.414 e. The van der Waals surface area contributed by atoms with E-state index in [-0.39, 0.29) is 184 Å². The van der Waals surface area contributed by atoms with Crippen molar-refractivity contribution in [3.8, 4) is 45.8 Å². The number of benzene rings is 10. The zero-order valence-corrected chi connectivity index (χ0v) is 84.6. The summed E-state index contributed by atoms with van der Waals surface area (Å²) in [5.41, 5.74) is 18.0. The van der Waals surface area contributed by atoms with Gasteiger partial charge in [-0.15, -0.1) is 12.4 Å². The number of anilines is 4. The molecule has 4 fully saturated rings. The van der Waals surface area contributed by atoms with Crippen LogP contribution in [0.3, 0.4) is 0 Å². The summed E-state index contributed by atoms with van der Waals surface area (Å²) in [4.78, 5) is 113. The number of nitrogens with one attached hydrogen (secondary N) is 1. The van der Waals surface area contributed by atoms with Gasteiger partial charge in [0.15, 0.2) is 0 Å². The SMILES string of the molecule is CCN(CC)CC.Cl.FC(F)C(=S)OCCC(c1ccccc1)c1ccccc1.NC[C@H]1CN(c2ccc(N3CCN(C(=O)CCn4c(O)c5ccc(N=NCC(=O)C(=O)OCC6c7ccccc7-c7ccccc76)cc5c4O)CC3)c(F)c2)C(=O)O1.O=C(CN=Nc1ccc2c(O)n(CCC(=O)N3CCN(c4ccc(N5C[C@H](CNC(=S)C(F)F)OC5=O)cc4F)CC3)c(O)c2c1)C(=O)OCC1c2ccccc2-c2ccccc21. The van der Waals surface area contributed by atoms with Crippen LogP contribution in [0.4, 0.5) is 70.1 Å². The first-order chi connectivity index (χ1) is 72.0. The molecule has 4 saturated heterocycles. The third-order valence-electron chi connectivity index (χ3n) is 26.8. The van der Waals surface area contributed by atoms with Gasteiger partial charge in [0, 0.05) is 124 Å². The monoisotopic (exact) mass is 2120 g/mol. The predicted octanol–water partition coefficient (Wildman–Crippen LogP) is 18.3. The minimum absolute atomic E-state index is 0. The highest BCUT2D eigenvalue weighted by Gasteiger charge is 2.38. The molecule has 4 aliphatic heterocycles. The molecule has 0 radical (unpaired) electrons. The maximum atomic E-state index is 15.4. The molecule has 12 aromatic rings. The number of nitrogens with zero attached hydrogens (tertiary/aromatic N) is 13. The van der Waals surface area contributed by atoms with E-state index in [0.717, 1.165) is 55.6 Å². The fourth-order valence-corrected chi connectivity index (χ4v) is 19.0. The molecule has 0 spiro atoms. The Balaban J connectivity index is 0.000000187. The molecule has 2 atom stereocenters. The number of aromatic nitrogens is 2. The quantitative estimate of drug-likeness (QED) is 0.00536. The summed E-state index contributed by atoms with van der Waals surface area (Å²) in [5.74, 6) is -6.72. The number of carbonyl (C=O) groups excluding carboxylic acids is 8. The topological polar surface area (TPSA) is 384 Å². The Hall–Kier alpha value is -15.4. The second-order valence-corrected chi connectivity index (χ2v) is 36.5. The summed E-state index contributed by atoms with van der Waals surface area (Å²) in [7, 11) is 0. The summed E-state index contributed by atoms with van der Waals surface area (Å²) in [5, 5.41) is 62.5. The second kappa shape index (κ2) is 51.5. The number of azo groups is 2. The number of carbonyl (C=O) groups is 8. The van der Waals surface area contributed by atoms with Gasteiger partial charge in [0.25, 0.3) is 18.0 Å². The lowest BCUT2D eigenvalue weighted by Gasteiger charge is -2.36. The van der Waals surface area contributed by atoms with Gasteiger partial charge in [0.2, 0.25) is 40.4 Å². The fourth-order valence-electron chi connectivity index (χ4n) is 18.9. The number of Topliss-reactive ketones (excluding diaryl/α,β-unsaturated/α-hetero) is 2. The standard InChI is InChI=1S/C44H40F3N7O8S.C42H40FN7O8.C17H16F2OS.C6H15N.ClH/c45-35-20-26(54-23-27(62-44(54)60)21-48-40(63)39(46)47)10-12-36(35)51-15-17-52(18-16-51)38(56)13-14-53-41(57)32-11-9-25(19-33(32)42(53)58)50-49-22-37(55)43(59)61-24-34-30-7-3-1-5-28(30)29-6-2-4-8-31(29)34;43-35-20-26(50-23-27(21-44)58-42(50)56)10-12-36(35)47-15-17-48(18-16-47)38(52)13-14-49-39(53)32-11-9-25(19-33(32)40(49)54)46-45-22-37(51)41(55)57-24-34-30-7-3-1-5-28(30)29-6-2-4-8-31(29)34;18-16(19)17(21)20-12-11-15(13-7-3-1-4-8-13)14-9-5-2-6-10-14;1-4-7(5-2)6-3;/h1-12,19-20,27,34,39,57-58H,13-18,21-24H2,(H,48,63);1-12,19-20,27,34,53-54H,13-18,21-24,44H2;1-10,15-16H,11-12H2;4-6H2,1-3H3;1H/t2*27-;;;/m00.../s1. The maximum Gasteiger partial charge on any atom is 0.414 e. The van der Waals surface area contributed by atoms with Crippen molar-refractivity contribution in [1.29, 1.82) is 0 Å². The number of amides is 4. The van der Waals surface area contributed by atoms with Gasteiger partial charge in [-0.2, -0.15) is 20.5 Å². The van der Waals surface area contributed by atoms with Gasteiger partial charge in [0.1, 0.15) is 55.1 Å². The maximum absolute atomic E-state index is 15.4. The Kier molecular flexibility index (Phi) is 37.9. The molecule has 2 aliphatic carbocycles. The number of ketones is 2. The number of aromatic hydroxyl groups is 4. The van der Waals surface area contributed by atoms with E-state index in [1.165, 1.54) is 93.2 Å². The van der Waals surface area contributed by atoms with Crippen LogP contribution in [0.25, 0.3) is 43.8 Å². The van der Waals surface area contributed by atoms with E-state index in [9.17, 15) is 76.3 Å². The van der Waals surface area contributed by atoms with Crippen LogP contribution in [0, 0.1) is 11.6 Å². The van der Waals surface area contributed by atoms with E-state index >= 15 is 8.78 Å². The summed E-state index contributed by atoms with van der Waals surface area (Å²) in [6.45, 7) is 12.0. The molecule has 4 amide bonds. The summed E-state index contributed by atoms with van der Waals surface area (Å²) >= 11 is 9.04. The van der Waals surface area contributed by atoms with Gasteiger partial charge in [-0.25, -0.2) is 45.5 Å². The molecule has 7 N–H and O–H groups in total. The van der Waals surface area contributed by atoms with Crippen molar-refractivity contribution >= 4 is 150 Å². The average Bonchev–Trinajstić information content (AvgIpc) is 1.62. The summed E-state index contributed by atoms with van der Waals surface area (Å²) < 4.78 is 109. The average molecular weight is 2120 g/mol. The van der Waals surface area contributed by atoms with Crippen molar-refractivity contribution in [3.05, 3.63) is 276 Å². The lowest BCUT2D eigenvalue weighted by atomic mass is 9.89. The van der Waals surface area contributed by atoms with Gasteiger partial charge in [-0.3, -0.25) is 38.1 Å². The number of ether oxygens (including phenoxy) is 5. The molecular formula is C109H112ClF6N15O17S2. The molecule has 150 heavy (non-hydrogen) atoms. The number of hydrogen-bond acceptors (Lipinski definition) is 27. The number of piperazine rings is 2. The molecule has 786 valence electrons. The van der Waals surface area contributed by atoms with Crippen LogP contribution < -0.4 is 30.7 Å². The van der Waals surface area contributed by atoms with Gasteiger partial charge in [-0.05, 0) is 167 Å². The van der Waals surface area contributed by atoms with E-state index in [0.29, 0.717) is 67.8 Å². The highest BCUT2D eigenvalue weighted by molar-refractivity contribution is 7.80. The molecule has 10 aromatic carbocycles. The molecule has 0 bridgehead atoms. The number of hydrogen-bond donors (Lipinski definition) is 6. The number of fused-ring (bicyclic) bond motifs is 8. The highest BCUT2D eigenvalue weighted by atomic mass is 35.5. The van der Waals surface area contributed by atoms with Gasteiger partial charge in [-0.1, -0.05) is 191 Å². The van der Waals surface area contributed by atoms with E-state index in [1.807, 2.05) is 163 Å². The van der Waals surface area contributed by atoms with Crippen LogP contribution in [-0.2, 0) is 65.5 Å². The lowest BCUT2D eigenvalue weighted by Crippen LogP contribution is -2.49. The number of alkyl halides is 4. The number of thiocarbonyl (C=S) groups is 2. The van der Waals surface area contributed by atoms with E-state index < -0.39 is 95.5 Å². The third-order valence-corrected chi connectivity index (χ3v) is 27.4. The molecule has 0 saturated carbocycles. The van der Waals surface area contributed by atoms with Crippen molar-refractivity contribution in [2.75, 3.05) is 151 Å². The van der Waals surface area contributed by atoms with E-state index in [2.05, 4.69) is 75.9 Å². The fraction of sp³-hybridized carbons (Fsp3) is 0.321. The summed E-state index contributed by atoms with van der Waals surface area (Å²) in [6.07, 6.45) is -7.56. The molecule has 6 aliphatic rings. The van der Waals surface area contributed by atoms with Crippen LogP contribution >= 0.6 is 36.8 Å². The molecule has 32 nitrogen and oxygen atoms in total. The first-order valence-electron chi connectivity index (χ1n) is 48.7. The van der Waals surface area contributed by atoms with Crippen LogP contribution in [0.2, 0.25) is 0 Å². The normalized spacial score (nSPS) is 15.2. The Labute approximate surface area is 877 Å². The zero-order valence-electron chi connectivity index (χ0n) is 82.1. The Morgan fingerprint density at radius 1 is 0.473 bits per heavy atom. The third kappa shape index (κ3) is 26.3. The molecule has 18 rings (SSSR count). The van der Waals surface area contributed by atoms with Crippen molar-refractivity contribution < 1.29 is 109 Å². The second-order valence-electron chi connectivity index (χ2n) is 35.6. The van der Waals surface area contributed by atoms with Gasteiger partial charge in [0.05, 0.1) is 60.4 Å². The predicted molar refractivity (Wildman–Crippen MR) is 564 cm³/mol. The molecular weight excluding hydrogens is 2000 g/mol. The lowest BCUT2D eigenvalue weighted by molar-refractivity contribution is -0.153. The van der Waals surface area contributed by atoms with E-state index in [4.69, 9.17) is 29.4 Å². The Bertz CT molecular complexity index is 6820. The zero-order chi connectivity index (χ0) is 106. The Morgan fingerprint density at radius 3 is 1.21 bits per heavy atom. The largest absolute Gasteiger partial charge is 0.494 e. The first-order valence-corrected chi connectivity index (χ1v) is 49.6. The highest BCUT2D eigenvalue weighted by Crippen LogP contribution is 2.48. The van der Waals surface area contributed by atoms with Gasteiger partial charge < -0.3 is 79.7 Å². The van der Waals surface area contributed by atoms with E-state index in [1.54, 1.807) is 32.9 Å². The molecule has 6 heterocycles. The minimum Gasteiger partial charge on any atom is -0.494 e. The van der Waals surface area contributed by atoms with Crippen molar-refractivity contribution in [1.82, 2.24) is 29.2 Å². The van der Waals surface area contributed by atoms with Crippen molar-refractivity contribution in [2.45, 2.75) is 95.9 Å². The first kappa shape index (κ1) is 110.